The average Bonchev–Trinajstić information content (AvgIpc) is 3.18. The molecule has 2 aromatic carbocycles. The Morgan fingerprint density at radius 3 is 1.05 bits per heavy atom. The number of nitrogens with zero attached hydrogens (tertiary/aromatic N) is 2. The predicted molar refractivity (Wildman–Crippen MR) is 216 cm³/mol. The van der Waals surface area contributed by atoms with Gasteiger partial charge in [0.1, 0.15) is 0 Å². The predicted octanol–water partition coefficient (Wildman–Crippen LogP) is 6.07. The maximum absolute atomic E-state index is 13.8. The maximum Gasteiger partial charge on any atom is 0.262 e. The number of benzene rings is 2. The fourth-order valence-corrected chi connectivity index (χ4v) is 7.69. The molecule has 2 aliphatic heterocycles. The second-order valence-corrected chi connectivity index (χ2v) is 15.0. The van der Waals surface area contributed by atoms with E-state index in [1.54, 1.807) is 26.4 Å². The average molecular weight is 917 g/mol. The van der Waals surface area contributed by atoms with Crippen molar-refractivity contribution in [3.63, 3.8) is 0 Å². The summed E-state index contributed by atoms with van der Waals surface area (Å²) in [6.45, 7) is 8.01. The smallest absolute Gasteiger partial charge is 0.262 e. The Morgan fingerprint density at radius 1 is 0.411 bits per heavy atom. The first-order valence-corrected chi connectivity index (χ1v) is 21.1. The number of imide groups is 2. The van der Waals surface area contributed by atoms with Gasteiger partial charge >= 0.3 is 0 Å². The van der Waals surface area contributed by atoms with E-state index in [0.29, 0.717) is 147 Å². The number of hydrogen-bond donors (Lipinski definition) is 0. The van der Waals surface area contributed by atoms with E-state index < -0.39 is 23.6 Å². The Hall–Kier alpha value is -2.38. The van der Waals surface area contributed by atoms with Gasteiger partial charge in [-0.3, -0.25) is 29.0 Å². The Labute approximate surface area is 346 Å². The number of rotatable bonds is 32. The highest BCUT2D eigenvalue weighted by Gasteiger charge is 2.42. The molecule has 56 heavy (non-hydrogen) atoms. The summed E-state index contributed by atoms with van der Waals surface area (Å²) < 4.78 is 43.6. The Morgan fingerprint density at radius 2 is 0.714 bits per heavy atom. The van der Waals surface area contributed by atoms with Crippen LogP contribution in [0.5, 0.6) is 0 Å². The Balaban J connectivity index is 1.20. The molecule has 0 bridgehead atoms. The summed E-state index contributed by atoms with van der Waals surface area (Å²) in [6, 6.07) is 3.23. The van der Waals surface area contributed by atoms with Crippen molar-refractivity contribution in [1.29, 1.82) is 0 Å². The number of carbonyl (C=O) groups excluding carboxylic acids is 4. The third kappa shape index (κ3) is 13.3. The fourth-order valence-electron chi connectivity index (χ4n) is 6.50. The second-order valence-electron chi connectivity index (χ2n) is 13.3. The van der Waals surface area contributed by atoms with E-state index in [9.17, 15) is 19.2 Å². The number of methoxy groups -OCH3 is 2. The van der Waals surface area contributed by atoms with Crippen LogP contribution in [0.4, 0.5) is 0 Å². The summed E-state index contributed by atoms with van der Waals surface area (Å²) in [4.78, 5) is 57.8. The Bertz CT molecular complexity index is 1480. The van der Waals surface area contributed by atoms with E-state index >= 15 is 0 Å². The summed E-state index contributed by atoms with van der Waals surface area (Å²) in [5, 5.41) is 0.696. The van der Waals surface area contributed by atoms with Gasteiger partial charge in [0.25, 0.3) is 23.6 Å². The highest BCUT2D eigenvalue weighted by molar-refractivity contribution is 9.10. The first-order valence-electron chi connectivity index (χ1n) is 19.5. The third-order valence-corrected chi connectivity index (χ3v) is 10.6. The summed E-state index contributed by atoms with van der Waals surface area (Å²) >= 11 is 7.08. The lowest BCUT2D eigenvalue weighted by Crippen LogP contribution is -2.44. The number of unbranched alkanes of at least 4 members (excludes halogenated alkanes) is 6. The quantitative estimate of drug-likeness (QED) is 0.0620. The molecule has 0 spiro atoms. The molecular weight excluding hydrogens is 860 g/mol. The van der Waals surface area contributed by atoms with Crippen LogP contribution in [-0.2, 0) is 37.9 Å². The largest absolute Gasteiger partial charge is 0.382 e. The highest BCUT2D eigenvalue weighted by atomic mass is 79.9. The van der Waals surface area contributed by atoms with Crippen molar-refractivity contribution in [1.82, 2.24) is 9.80 Å². The molecule has 0 N–H and O–H groups in total. The number of hydrogen-bond acceptors (Lipinski definition) is 12. The van der Waals surface area contributed by atoms with Crippen molar-refractivity contribution in [2.45, 2.75) is 51.4 Å². The number of halogens is 2. The normalized spacial score (nSPS) is 13.9. The van der Waals surface area contributed by atoms with Crippen molar-refractivity contribution >= 4 is 66.3 Å². The topological polar surface area (TPSA) is 149 Å². The van der Waals surface area contributed by atoms with Crippen LogP contribution in [-0.4, -0.2) is 153 Å². The standard InChI is InChI=1S/C40H56Br2N2O12/c1-49-15-17-53-23-25-55-21-19-51-13-9-5-3-7-11-43-37(45)29-27-32(42)36-34-30(28-31(41)35(33(29)34)39(43)47)38(46)44(40(36)48)12-8-4-6-10-14-52-20-22-56-26-24-54-18-16-50-2/h27-28H,3-26H2,1-2H3. The summed E-state index contributed by atoms with van der Waals surface area (Å²) in [5.74, 6) is -1.76. The number of carbonyl (C=O) groups is 4. The van der Waals surface area contributed by atoms with Gasteiger partial charge in [0, 0.05) is 71.4 Å². The van der Waals surface area contributed by atoms with Crippen LogP contribution in [0.1, 0.15) is 92.8 Å². The van der Waals surface area contributed by atoms with Crippen LogP contribution in [0.2, 0.25) is 0 Å². The second kappa shape index (κ2) is 25.9. The van der Waals surface area contributed by atoms with Crippen LogP contribution < -0.4 is 0 Å². The molecule has 2 aromatic rings. The van der Waals surface area contributed by atoms with Gasteiger partial charge in [-0.15, -0.1) is 0 Å². The Kier molecular flexibility index (Phi) is 21.4. The molecule has 0 fully saturated rings. The molecule has 312 valence electrons. The first kappa shape index (κ1) is 46.3. The molecule has 0 unspecified atom stereocenters. The molecule has 14 nitrogen and oxygen atoms in total. The van der Waals surface area contributed by atoms with Crippen molar-refractivity contribution in [3.8, 4) is 0 Å². The maximum atomic E-state index is 13.8. The SMILES string of the molecule is COCCOCCOCCOCCCCCCN1C(=O)c2cc(Br)c3c4c(cc(Br)c(c24)C1=O)C(=O)N(CCCCCCOCCOCCOCCOC)C3=O. The molecule has 0 aromatic heterocycles. The minimum atomic E-state index is -0.441. The summed E-state index contributed by atoms with van der Waals surface area (Å²) in [5.41, 5.74) is 1.16. The molecule has 0 radical (unpaired) electrons. The van der Waals surface area contributed by atoms with Gasteiger partial charge in [0.15, 0.2) is 0 Å². The molecule has 16 heteroatoms. The van der Waals surface area contributed by atoms with E-state index in [-0.39, 0.29) is 13.1 Å². The van der Waals surface area contributed by atoms with Gasteiger partial charge in [-0.1, -0.05) is 25.7 Å². The van der Waals surface area contributed by atoms with Crippen LogP contribution >= 0.6 is 31.9 Å². The van der Waals surface area contributed by atoms with Crippen molar-refractivity contribution < 1.29 is 57.1 Å². The van der Waals surface area contributed by atoms with E-state index in [0.717, 1.165) is 38.5 Å². The molecule has 0 saturated carbocycles. The van der Waals surface area contributed by atoms with Gasteiger partial charge in [-0.05, 0) is 69.7 Å². The van der Waals surface area contributed by atoms with Crippen LogP contribution in [0.15, 0.2) is 21.1 Å². The van der Waals surface area contributed by atoms with E-state index in [2.05, 4.69) is 31.9 Å². The zero-order valence-corrected chi connectivity index (χ0v) is 35.8. The molecule has 2 aliphatic rings. The molecule has 0 atom stereocenters. The summed E-state index contributed by atoms with van der Waals surface area (Å²) in [6.07, 6.45) is 6.38. The molecule has 0 aliphatic carbocycles. The van der Waals surface area contributed by atoms with E-state index in [1.165, 1.54) is 9.80 Å². The first-order chi connectivity index (χ1) is 27.3. The van der Waals surface area contributed by atoms with Gasteiger partial charge in [0.05, 0.1) is 90.4 Å². The fraction of sp³-hybridized carbons (Fsp3) is 0.650. The monoisotopic (exact) mass is 914 g/mol. The van der Waals surface area contributed by atoms with Crippen LogP contribution in [0.25, 0.3) is 10.8 Å². The highest BCUT2D eigenvalue weighted by Crippen LogP contribution is 2.44. The lowest BCUT2D eigenvalue weighted by atomic mass is 9.85. The lowest BCUT2D eigenvalue weighted by Gasteiger charge is -2.33. The van der Waals surface area contributed by atoms with Gasteiger partial charge in [-0.2, -0.15) is 0 Å². The van der Waals surface area contributed by atoms with E-state index in [1.807, 2.05) is 0 Å². The van der Waals surface area contributed by atoms with Gasteiger partial charge < -0.3 is 37.9 Å². The molecular formula is C40H56Br2N2O12. The summed E-state index contributed by atoms with van der Waals surface area (Å²) in [7, 11) is 3.26. The van der Waals surface area contributed by atoms with Crippen LogP contribution in [0.3, 0.4) is 0 Å². The van der Waals surface area contributed by atoms with Crippen molar-refractivity contribution in [3.05, 3.63) is 43.3 Å². The third-order valence-electron chi connectivity index (χ3n) is 9.37. The van der Waals surface area contributed by atoms with Crippen molar-refractivity contribution in [2.24, 2.45) is 0 Å². The lowest BCUT2D eigenvalue weighted by molar-refractivity contribution is 0.00322. The number of amides is 4. The van der Waals surface area contributed by atoms with Crippen LogP contribution in [0, 0.1) is 0 Å². The molecule has 2 heterocycles. The van der Waals surface area contributed by atoms with Gasteiger partial charge in [0.2, 0.25) is 0 Å². The van der Waals surface area contributed by atoms with Gasteiger partial charge in [-0.25, -0.2) is 0 Å². The van der Waals surface area contributed by atoms with Crippen molar-refractivity contribution in [2.75, 3.05) is 120 Å². The minimum Gasteiger partial charge on any atom is -0.382 e. The zero-order chi connectivity index (χ0) is 40.1. The number of ether oxygens (including phenoxy) is 8. The molecule has 4 rings (SSSR count). The minimum absolute atomic E-state index is 0.255. The molecule has 4 amide bonds. The molecule has 0 saturated heterocycles. The zero-order valence-electron chi connectivity index (χ0n) is 32.7. The van der Waals surface area contributed by atoms with E-state index in [4.69, 9.17) is 37.9 Å².